The van der Waals surface area contributed by atoms with Crippen LogP contribution < -0.4 is 9.80 Å². The molecule has 0 amide bonds. The first kappa shape index (κ1) is 20.6. The molecule has 0 radical (unpaired) electrons. The fourth-order valence-electron chi connectivity index (χ4n) is 4.45. The number of nitrogens with zero attached hydrogens (tertiary/aromatic N) is 4. The van der Waals surface area contributed by atoms with Crippen molar-refractivity contribution < 1.29 is 14.2 Å². The van der Waals surface area contributed by atoms with Crippen molar-refractivity contribution in [1.82, 2.24) is 20.2 Å². The molecular weight excluding hydrogens is 379 g/mol. The first-order chi connectivity index (χ1) is 14.6. The third-order valence-electron chi connectivity index (χ3n) is 5.99. The molecule has 2 heterocycles. The van der Waals surface area contributed by atoms with Gasteiger partial charge in [-0.15, -0.1) is 5.10 Å². The predicted molar refractivity (Wildman–Crippen MR) is 113 cm³/mol. The average Bonchev–Trinajstić information content (AvgIpc) is 3.22. The molecule has 0 saturated carbocycles. The van der Waals surface area contributed by atoms with Gasteiger partial charge in [0.05, 0.1) is 6.54 Å². The molecule has 0 unspecified atom stereocenters. The highest BCUT2D eigenvalue weighted by Gasteiger charge is 2.35. The van der Waals surface area contributed by atoms with Gasteiger partial charge in [0, 0.05) is 6.42 Å². The van der Waals surface area contributed by atoms with E-state index >= 15 is 0 Å². The van der Waals surface area contributed by atoms with Crippen molar-refractivity contribution in [2.45, 2.75) is 32.9 Å². The fraction of sp³-hybridized carbons (Fsp3) is 0.435. The van der Waals surface area contributed by atoms with Gasteiger partial charge in [0.25, 0.3) is 0 Å². The Hall–Kier alpha value is -2.64. The van der Waals surface area contributed by atoms with Crippen LogP contribution >= 0.6 is 0 Å². The Balaban J connectivity index is 1.50. The zero-order chi connectivity index (χ0) is 20.9. The third-order valence-corrected chi connectivity index (χ3v) is 5.99. The van der Waals surface area contributed by atoms with Crippen molar-refractivity contribution in [3.8, 4) is 0 Å². The monoisotopic (exact) mass is 410 g/mol. The normalized spacial score (nSPS) is 20.4. The van der Waals surface area contributed by atoms with E-state index in [0.29, 0.717) is 12.5 Å². The number of benzene rings is 2. The molecule has 1 atom stereocenters. The van der Waals surface area contributed by atoms with Crippen molar-refractivity contribution in [3.05, 3.63) is 71.8 Å². The minimum Gasteiger partial charge on any atom is -0.317 e. The average molecular weight is 411 g/mol. The van der Waals surface area contributed by atoms with Gasteiger partial charge in [-0.2, -0.15) is 0 Å². The van der Waals surface area contributed by atoms with Crippen LogP contribution in [0.2, 0.25) is 0 Å². The van der Waals surface area contributed by atoms with E-state index in [0.717, 1.165) is 44.0 Å². The van der Waals surface area contributed by atoms with Gasteiger partial charge in [-0.25, -0.2) is 9.07 Å². The summed E-state index contributed by atoms with van der Waals surface area (Å²) in [5.74, 6) is 1.26. The summed E-state index contributed by atoms with van der Waals surface area (Å²) in [4.78, 5) is 3.10. The first-order valence-electron chi connectivity index (χ1n) is 10.9. The highest BCUT2D eigenvalue weighted by Crippen LogP contribution is 2.17. The molecule has 4 rings (SSSR count). The summed E-state index contributed by atoms with van der Waals surface area (Å²) in [6.07, 6.45) is 1.04. The number of rotatable bonds is 7. The van der Waals surface area contributed by atoms with E-state index in [1.165, 1.54) is 17.8 Å². The van der Waals surface area contributed by atoms with Crippen LogP contribution in [0.15, 0.2) is 54.6 Å². The quantitative estimate of drug-likeness (QED) is 0.613. The fourth-order valence-corrected chi connectivity index (χ4v) is 4.45. The van der Waals surface area contributed by atoms with E-state index in [9.17, 15) is 4.39 Å². The second-order valence-electron chi connectivity index (χ2n) is 8.63. The molecule has 2 aromatic carbocycles. The maximum Gasteiger partial charge on any atom is 0.209 e. The molecule has 0 bridgehead atoms. The smallest absolute Gasteiger partial charge is 0.209 e. The number of quaternary nitrogens is 2. The zero-order valence-electron chi connectivity index (χ0n) is 17.8. The van der Waals surface area contributed by atoms with Crippen molar-refractivity contribution >= 4 is 5.69 Å². The largest absolute Gasteiger partial charge is 0.317 e. The molecule has 2 N–H and O–H groups in total. The van der Waals surface area contributed by atoms with E-state index in [-0.39, 0.29) is 11.9 Å². The minimum absolute atomic E-state index is 0.225. The number of aromatic nitrogens is 4. The Bertz CT molecular complexity index is 916. The van der Waals surface area contributed by atoms with Crippen molar-refractivity contribution in [3.63, 3.8) is 0 Å². The maximum absolute atomic E-state index is 13.3. The van der Waals surface area contributed by atoms with Gasteiger partial charge in [0.2, 0.25) is 5.82 Å². The molecule has 1 saturated heterocycles. The van der Waals surface area contributed by atoms with Crippen LogP contribution in [0.1, 0.15) is 37.7 Å². The van der Waals surface area contributed by atoms with Crippen LogP contribution in [-0.2, 0) is 6.54 Å². The summed E-state index contributed by atoms with van der Waals surface area (Å²) in [7, 11) is 0. The maximum atomic E-state index is 13.3. The highest BCUT2D eigenvalue weighted by atomic mass is 19.1. The molecule has 0 spiro atoms. The summed E-state index contributed by atoms with van der Waals surface area (Å²) in [5, 5.41) is 12.7. The first-order valence-corrected chi connectivity index (χ1v) is 10.9. The standard InChI is InChI=1S/C23H29FN6/c1-18(2)16-22(29-14-12-28(13-15-29)21-6-4-3-5-7-21)23-25-26-27-30(23)17-19-8-10-20(24)11-9-19/h3-11,18,22H,12-17H2,1-2H3/p+2/t22-/m1/s1. The Morgan fingerprint density at radius 3 is 2.33 bits per heavy atom. The molecule has 1 aliphatic heterocycles. The molecule has 1 aliphatic rings. The van der Waals surface area contributed by atoms with Crippen molar-refractivity contribution in [2.75, 3.05) is 26.2 Å². The number of hydrogen-bond acceptors (Lipinski definition) is 3. The predicted octanol–water partition coefficient (Wildman–Crippen LogP) is 1.06. The van der Waals surface area contributed by atoms with Crippen LogP contribution in [0.25, 0.3) is 0 Å². The van der Waals surface area contributed by atoms with Crippen molar-refractivity contribution in [2.24, 2.45) is 5.92 Å². The Kier molecular flexibility index (Phi) is 6.50. The summed E-state index contributed by atoms with van der Waals surface area (Å²) >= 11 is 0. The van der Waals surface area contributed by atoms with Gasteiger partial charge >= 0.3 is 0 Å². The molecule has 1 aromatic heterocycles. The van der Waals surface area contributed by atoms with Crippen molar-refractivity contribution in [1.29, 1.82) is 0 Å². The van der Waals surface area contributed by atoms with Gasteiger partial charge in [-0.05, 0) is 46.2 Å². The molecule has 3 aromatic rings. The van der Waals surface area contributed by atoms with Crippen LogP contribution in [0.3, 0.4) is 0 Å². The molecular formula is C23H31FN6+2. The molecule has 158 valence electrons. The second kappa shape index (κ2) is 9.45. The van der Waals surface area contributed by atoms with E-state index in [1.54, 1.807) is 21.9 Å². The lowest BCUT2D eigenvalue weighted by Gasteiger charge is -2.34. The Labute approximate surface area is 177 Å². The number of nitrogens with one attached hydrogen (secondary N) is 2. The van der Waals surface area contributed by atoms with E-state index in [2.05, 4.69) is 59.7 Å². The summed E-state index contributed by atoms with van der Waals surface area (Å²) in [6.45, 7) is 9.46. The summed E-state index contributed by atoms with van der Waals surface area (Å²) < 4.78 is 15.2. The molecule has 7 heteroatoms. The Morgan fingerprint density at radius 2 is 1.67 bits per heavy atom. The van der Waals surface area contributed by atoms with E-state index in [4.69, 9.17) is 0 Å². The minimum atomic E-state index is -0.225. The van der Waals surface area contributed by atoms with Crippen LogP contribution in [0.4, 0.5) is 10.1 Å². The molecule has 30 heavy (non-hydrogen) atoms. The molecule has 0 aliphatic carbocycles. The lowest BCUT2D eigenvalue weighted by atomic mass is 10.0. The number of tetrazole rings is 1. The van der Waals surface area contributed by atoms with Gasteiger partial charge < -0.3 is 4.90 Å². The Morgan fingerprint density at radius 1 is 0.967 bits per heavy atom. The number of hydrogen-bond donors (Lipinski definition) is 2. The second-order valence-corrected chi connectivity index (χ2v) is 8.63. The topological polar surface area (TPSA) is 52.5 Å². The summed E-state index contributed by atoms with van der Waals surface area (Å²) in [6, 6.07) is 17.6. The van der Waals surface area contributed by atoms with E-state index < -0.39 is 0 Å². The SMILES string of the molecule is CC(C)C[C@H](c1nnnn1Cc1ccc(F)cc1)[NH+]1CC[NH+](c2ccccc2)CC1. The lowest BCUT2D eigenvalue weighted by Crippen LogP contribution is -3.26. The van der Waals surface area contributed by atoms with Crippen LogP contribution in [0, 0.1) is 11.7 Å². The third kappa shape index (κ3) is 4.91. The number of para-hydroxylation sites is 1. The number of piperazine rings is 1. The van der Waals surface area contributed by atoms with Crippen LogP contribution in [-0.4, -0.2) is 46.4 Å². The molecule has 6 nitrogen and oxygen atoms in total. The summed E-state index contributed by atoms with van der Waals surface area (Å²) in [5.41, 5.74) is 2.37. The van der Waals surface area contributed by atoms with Crippen LogP contribution in [0.5, 0.6) is 0 Å². The van der Waals surface area contributed by atoms with E-state index in [1.807, 2.05) is 4.68 Å². The highest BCUT2D eigenvalue weighted by molar-refractivity contribution is 5.27. The lowest BCUT2D eigenvalue weighted by molar-refractivity contribution is -1.01. The van der Waals surface area contributed by atoms with Gasteiger partial charge in [-0.1, -0.05) is 44.2 Å². The molecule has 1 fully saturated rings. The van der Waals surface area contributed by atoms with Gasteiger partial charge in [-0.3, -0.25) is 4.90 Å². The zero-order valence-corrected chi connectivity index (χ0v) is 17.8. The van der Waals surface area contributed by atoms with Gasteiger partial charge in [0.1, 0.15) is 37.7 Å². The number of halogens is 1. The van der Waals surface area contributed by atoms with Gasteiger partial charge in [0.15, 0.2) is 6.04 Å².